The molecule has 1 heterocycles. The molecule has 68 heavy (non-hydrogen) atoms. The van der Waals surface area contributed by atoms with Gasteiger partial charge in [-0.25, -0.2) is 35.9 Å². The molecule has 0 aliphatic heterocycles. The molecule has 7 rings (SSSR count). The number of pyridine rings is 1. The normalized spacial score (nSPS) is 16.4. The molecule has 0 spiro atoms. The first-order valence-corrected chi connectivity index (χ1v) is 26.9. The number of benzene rings is 4. The summed E-state index contributed by atoms with van der Waals surface area (Å²) in [6.07, 6.45) is 10.0. The number of carbonyl (C=O) groups is 2. The van der Waals surface area contributed by atoms with Gasteiger partial charge in [-0.05, 0) is 198 Å². The van der Waals surface area contributed by atoms with Gasteiger partial charge in [0.15, 0.2) is 13.2 Å². The van der Waals surface area contributed by atoms with Crippen LogP contribution in [-0.2, 0) is 52.0 Å². The Morgan fingerprint density at radius 2 is 1.06 bits per heavy atom. The number of fused-ring (bicyclic) bond motifs is 2. The number of nitrogens with zero attached hydrogens (tertiary/aromatic N) is 1. The topological polar surface area (TPSA) is 176 Å². The maximum Gasteiger partial charge on any atom is 0.344 e. The third kappa shape index (κ3) is 15.1. The second-order valence-electron chi connectivity index (χ2n) is 19.0. The van der Waals surface area contributed by atoms with E-state index in [1.807, 2.05) is 90.9 Å². The van der Waals surface area contributed by atoms with Gasteiger partial charge < -0.3 is 18.9 Å². The Labute approximate surface area is 415 Å². The lowest BCUT2D eigenvalue weighted by Crippen LogP contribution is -2.29. The molecule has 2 N–H and O–H groups in total. The number of hydrogen-bond donors (Lipinski definition) is 2. The molecule has 2 atom stereocenters. The monoisotopic (exact) mass is 1080 g/mol. The van der Waals surface area contributed by atoms with E-state index in [4.69, 9.17) is 18.9 Å². The highest BCUT2D eigenvalue weighted by Crippen LogP contribution is 2.37. The van der Waals surface area contributed by atoms with E-state index in [0.29, 0.717) is 24.3 Å². The average Bonchev–Trinajstić information content (AvgIpc) is 3.60. The van der Waals surface area contributed by atoms with E-state index in [1.165, 1.54) is 0 Å². The number of carbonyl (C=O) groups excluding carboxylic acids is 2. The highest BCUT2D eigenvalue weighted by Gasteiger charge is 2.29. The maximum atomic E-state index is 13.3. The molecule has 2 aliphatic rings. The molecular formula is C52H62IN3O10S2. The van der Waals surface area contributed by atoms with Crippen molar-refractivity contribution in [3.05, 3.63) is 135 Å². The number of aromatic nitrogens is 1. The van der Waals surface area contributed by atoms with Crippen LogP contribution in [0.15, 0.2) is 113 Å². The summed E-state index contributed by atoms with van der Waals surface area (Å²) in [4.78, 5) is 28.9. The summed E-state index contributed by atoms with van der Waals surface area (Å²) in [6.45, 7) is 12.4. The van der Waals surface area contributed by atoms with Crippen molar-refractivity contribution in [2.24, 2.45) is 0 Å². The van der Waals surface area contributed by atoms with Gasteiger partial charge in [-0.15, -0.1) is 0 Å². The van der Waals surface area contributed by atoms with Gasteiger partial charge in [-0.1, -0.05) is 49.2 Å². The Kier molecular flexibility index (Phi) is 17.5. The molecule has 2 aliphatic carbocycles. The Morgan fingerprint density at radius 1 is 0.618 bits per heavy atom. The summed E-state index contributed by atoms with van der Waals surface area (Å²) in [6, 6.07) is 26.1. The Bertz CT molecular complexity index is 2770. The van der Waals surface area contributed by atoms with Crippen molar-refractivity contribution in [3.63, 3.8) is 0 Å². The fourth-order valence-corrected chi connectivity index (χ4v) is 11.0. The maximum absolute atomic E-state index is 13.3. The number of rotatable bonds is 13. The summed E-state index contributed by atoms with van der Waals surface area (Å²) in [5, 5.41) is 0. The number of esters is 2. The minimum absolute atomic E-state index is 0.188. The van der Waals surface area contributed by atoms with E-state index >= 15 is 0 Å². The van der Waals surface area contributed by atoms with Crippen LogP contribution in [0, 0.1) is 10.5 Å². The Hall–Kier alpha value is -4.88. The van der Waals surface area contributed by atoms with E-state index in [0.717, 1.165) is 81.0 Å². The summed E-state index contributed by atoms with van der Waals surface area (Å²) in [5.74, 6) is 0.310. The van der Waals surface area contributed by atoms with Gasteiger partial charge in [-0.2, -0.15) is 0 Å². The molecule has 13 nitrogen and oxygen atoms in total. The molecule has 364 valence electrons. The van der Waals surface area contributed by atoms with Crippen LogP contribution in [-0.4, -0.2) is 58.2 Å². The minimum Gasteiger partial charge on any atom is -0.482 e. The largest absolute Gasteiger partial charge is 0.482 e. The zero-order chi connectivity index (χ0) is 49.3. The molecule has 0 saturated heterocycles. The highest BCUT2D eigenvalue weighted by atomic mass is 127. The predicted molar refractivity (Wildman–Crippen MR) is 270 cm³/mol. The van der Waals surface area contributed by atoms with Crippen molar-refractivity contribution in [1.82, 2.24) is 14.4 Å². The number of aryl methyl sites for hydroxylation is 1. The van der Waals surface area contributed by atoms with E-state index in [-0.39, 0.29) is 29.0 Å². The predicted octanol–water partition coefficient (Wildman–Crippen LogP) is 10.3. The second kappa shape index (κ2) is 22.7. The van der Waals surface area contributed by atoms with Crippen LogP contribution in [0.4, 0.5) is 0 Å². The third-order valence-electron chi connectivity index (χ3n) is 11.1. The van der Waals surface area contributed by atoms with Gasteiger partial charge in [-0.3, -0.25) is 4.98 Å². The van der Waals surface area contributed by atoms with E-state index in [2.05, 4.69) is 37.0 Å². The highest BCUT2D eigenvalue weighted by molar-refractivity contribution is 14.1. The van der Waals surface area contributed by atoms with Crippen LogP contribution in [0.25, 0.3) is 11.1 Å². The van der Waals surface area contributed by atoms with Gasteiger partial charge in [0.05, 0.1) is 9.79 Å². The molecule has 0 saturated carbocycles. The van der Waals surface area contributed by atoms with Crippen molar-refractivity contribution in [2.75, 3.05) is 13.2 Å². The smallest absolute Gasteiger partial charge is 0.344 e. The zero-order valence-corrected chi connectivity index (χ0v) is 43.6. The summed E-state index contributed by atoms with van der Waals surface area (Å²) in [7, 11) is -7.43. The molecule has 0 fully saturated rings. The first kappa shape index (κ1) is 52.5. The lowest BCUT2D eigenvalue weighted by atomic mass is 9.99. The number of hydrogen-bond acceptors (Lipinski definition) is 11. The molecule has 1 aromatic heterocycles. The zero-order valence-electron chi connectivity index (χ0n) is 39.8. The van der Waals surface area contributed by atoms with Crippen LogP contribution in [0.1, 0.15) is 120 Å². The molecule has 0 amide bonds. The van der Waals surface area contributed by atoms with E-state index in [9.17, 15) is 26.4 Å². The number of halogens is 1. The lowest BCUT2D eigenvalue weighted by Gasteiger charge is -2.22. The van der Waals surface area contributed by atoms with Crippen molar-refractivity contribution in [2.45, 2.75) is 133 Å². The fourth-order valence-electron chi connectivity index (χ4n) is 8.16. The molecular weight excluding hydrogens is 1020 g/mol. The van der Waals surface area contributed by atoms with Crippen LogP contribution in [0.5, 0.6) is 11.5 Å². The van der Waals surface area contributed by atoms with Crippen LogP contribution < -0.4 is 18.9 Å². The molecule has 0 radical (unpaired) electrons. The quantitative estimate of drug-likeness (QED) is 0.0652. The van der Waals surface area contributed by atoms with E-state index in [1.54, 1.807) is 60.9 Å². The van der Waals surface area contributed by atoms with Gasteiger partial charge in [0.2, 0.25) is 20.0 Å². The fraction of sp³-hybridized carbons (Fsp3) is 0.404. The lowest BCUT2D eigenvalue weighted by molar-refractivity contribution is -0.158. The molecule has 16 heteroatoms. The first-order valence-electron chi connectivity index (χ1n) is 22.8. The molecule has 5 aromatic rings. The second-order valence-corrected chi connectivity index (χ2v) is 23.6. The van der Waals surface area contributed by atoms with Crippen molar-refractivity contribution < 1.29 is 45.4 Å². The minimum atomic E-state index is -3.77. The summed E-state index contributed by atoms with van der Waals surface area (Å²) in [5.41, 5.74) is 5.36. The van der Waals surface area contributed by atoms with Crippen LogP contribution in [0.2, 0.25) is 0 Å². The molecule has 0 bridgehead atoms. The standard InChI is InChI=1S/C29H34N2O5S.C23H28INO5S/c1-20-16-22(18-30-17-20)21-12-14-23(15-13-21)37(33,34)31-26-10-6-5-8-25-24(26)9-7-11-27(25)35-19-28(32)36-29(2,3)4;1-23(2,3)30-22(26)15-29-21-10-6-8-18-19(21)7-4-5-9-20(18)25-31(27,28)17-13-11-16(24)12-14-17/h7,9,11-18,26,31H,5-6,8,10,19H2,1-4H3;6,8,10-14,20,25H,4-5,7,9,15H2,1-3H3. The van der Waals surface area contributed by atoms with Crippen LogP contribution >= 0.6 is 22.6 Å². The number of sulfonamides is 2. The average molecular weight is 1080 g/mol. The molecule has 4 aromatic carbocycles. The van der Waals surface area contributed by atoms with Gasteiger partial charge in [0.25, 0.3) is 0 Å². The number of ether oxygens (including phenoxy) is 4. The number of nitrogens with one attached hydrogen (secondary N) is 2. The van der Waals surface area contributed by atoms with Crippen molar-refractivity contribution in [3.8, 4) is 22.6 Å². The first-order chi connectivity index (χ1) is 32.1. The van der Waals surface area contributed by atoms with Gasteiger partial charge in [0, 0.05) is 33.6 Å². The SMILES string of the molecule is CC(C)(C)OC(=O)COc1cccc2c1CCCCC2NS(=O)(=O)c1ccc(I)cc1.Cc1cncc(-c2ccc(S(=O)(=O)NC3CCCCc4c(OCC(=O)OC(C)(C)C)cccc43)cc2)c1. The van der Waals surface area contributed by atoms with Gasteiger partial charge >= 0.3 is 11.9 Å². The van der Waals surface area contributed by atoms with Crippen LogP contribution in [0.3, 0.4) is 0 Å². The third-order valence-corrected chi connectivity index (χ3v) is 14.7. The molecule has 2 unspecified atom stereocenters. The Morgan fingerprint density at radius 3 is 1.49 bits per heavy atom. The summed E-state index contributed by atoms with van der Waals surface area (Å²) >= 11 is 2.15. The summed E-state index contributed by atoms with van der Waals surface area (Å²) < 4.78 is 81.7. The van der Waals surface area contributed by atoms with E-state index < -0.39 is 49.2 Å². The van der Waals surface area contributed by atoms with Crippen molar-refractivity contribution >= 4 is 54.6 Å². The van der Waals surface area contributed by atoms with Gasteiger partial charge in [0.1, 0.15) is 22.7 Å². The Balaban J connectivity index is 0.000000228. The van der Waals surface area contributed by atoms with Crippen molar-refractivity contribution in [1.29, 1.82) is 0 Å².